The molecule has 1 aromatic heterocycles. The number of amides is 1. The van der Waals surface area contributed by atoms with Crippen LogP contribution in [0.25, 0.3) is 10.2 Å². The van der Waals surface area contributed by atoms with Crippen molar-refractivity contribution in [3.63, 3.8) is 0 Å². The van der Waals surface area contributed by atoms with Gasteiger partial charge in [-0.3, -0.25) is 10.1 Å². The van der Waals surface area contributed by atoms with Gasteiger partial charge in [0.25, 0.3) is 5.91 Å². The molecule has 1 heterocycles. The van der Waals surface area contributed by atoms with Crippen LogP contribution in [-0.2, 0) is 6.42 Å². The Bertz CT molecular complexity index is 796. The van der Waals surface area contributed by atoms with Crippen molar-refractivity contribution in [3.05, 3.63) is 58.6 Å². The lowest BCUT2D eigenvalue weighted by atomic mass is 10.1. The topological polar surface area (TPSA) is 42.0 Å². The predicted molar refractivity (Wildman–Crippen MR) is 88.4 cm³/mol. The first kappa shape index (κ1) is 14.0. The molecular formula is C16H13ClN2OS. The summed E-state index contributed by atoms with van der Waals surface area (Å²) in [6, 6.07) is 13.2. The molecule has 0 atom stereocenters. The molecular weight excluding hydrogens is 304 g/mol. The van der Waals surface area contributed by atoms with Gasteiger partial charge in [-0.25, -0.2) is 4.98 Å². The van der Waals surface area contributed by atoms with E-state index in [-0.39, 0.29) is 5.91 Å². The molecule has 0 bridgehead atoms. The lowest BCUT2D eigenvalue weighted by Crippen LogP contribution is -2.11. The summed E-state index contributed by atoms with van der Waals surface area (Å²) >= 11 is 7.50. The van der Waals surface area contributed by atoms with Gasteiger partial charge in [0.2, 0.25) is 0 Å². The molecule has 5 heteroatoms. The van der Waals surface area contributed by atoms with E-state index in [0.29, 0.717) is 15.7 Å². The molecule has 0 aliphatic heterocycles. The average molecular weight is 317 g/mol. The number of para-hydroxylation sites is 1. The van der Waals surface area contributed by atoms with Crippen molar-refractivity contribution in [1.82, 2.24) is 4.98 Å². The van der Waals surface area contributed by atoms with Crippen molar-refractivity contribution in [3.8, 4) is 0 Å². The molecule has 1 N–H and O–H groups in total. The van der Waals surface area contributed by atoms with Gasteiger partial charge < -0.3 is 0 Å². The summed E-state index contributed by atoms with van der Waals surface area (Å²) in [5.74, 6) is -0.159. The maximum Gasteiger partial charge on any atom is 0.257 e. The highest BCUT2D eigenvalue weighted by Crippen LogP contribution is 2.30. The maximum atomic E-state index is 12.2. The van der Waals surface area contributed by atoms with Gasteiger partial charge in [0.1, 0.15) is 5.52 Å². The molecule has 3 aromatic rings. The number of fused-ring (bicyclic) bond motifs is 1. The number of aryl methyl sites for hydroxylation is 1. The van der Waals surface area contributed by atoms with Crippen LogP contribution in [0.1, 0.15) is 22.8 Å². The van der Waals surface area contributed by atoms with E-state index in [1.54, 1.807) is 6.07 Å². The third-order valence-corrected chi connectivity index (χ3v) is 4.46. The van der Waals surface area contributed by atoms with E-state index in [9.17, 15) is 4.79 Å². The predicted octanol–water partition coefficient (Wildman–Crippen LogP) is 4.76. The Kier molecular flexibility index (Phi) is 3.90. The second-order valence-corrected chi connectivity index (χ2v) is 6.05. The molecule has 0 fully saturated rings. The Morgan fingerprint density at radius 2 is 2.00 bits per heavy atom. The number of halogens is 1. The maximum absolute atomic E-state index is 12.2. The number of benzene rings is 2. The summed E-state index contributed by atoms with van der Waals surface area (Å²) in [5, 5.41) is 3.97. The van der Waals surface area contributed by atoms with Gasteiger partial charge in [0, 0.05) is 5.56 Å². The molecule has 21 heavy (non-hydrogen) atoms. The SMILES string of the molecule is CCc1ccc(C(=O)Nc2nc3c(Cl)cccc3s2)cc1. The highest BCUT2D eigenvalue weighted by molar-refractivity contribution is 7.22. The molecule has 0 saturated heterocycles. The fourth-order valence-electron chi connectivity index (χ4n) is 2.03. The molecule has 0 radical (unpaired) electrons. The van der Waals surface area contributed by atoms with Crippen LogP contribution in [0, 0.1) is 0 Å². The zero-order valence-electron chi connectivity index (χ0n) is 11.4. The summed E-state index contributed by atoms with van der Waals surface area (Å²) in [6.45, 7) is 2.08. The lowest BCUT2D eigenvalue weighted by molar-refractivity contribution is 0.102. The second kappa shape index (κ2) is 5.84. The van der Waals surface area contributed by atoms with Crippen molar-refractivity contribution in [2.75, 3.05) is 5.32 Å². The minimum atomic E-state index is -0.159. The molecule has 106 valence electrons. The summed E-state index contributed by atoms with van der Waals surface area (Å²) in [5.41, 5.74) is 2.55. The number of nitrogens with zero attached hydrogens (tertiary/aromatic N) is 1. The van der Waals surface area contributed by atoms with Crippen LogP contribution in [0.4, 0.5) is 5.13 Å². The summed E-state index contributed by atoms with van der Waals surface area (Å²) < 4.78 is 0.958. The summed E-state index contributed by atoms with van der Waals surface area (Å²) in [7, 11) is 0. The molecule has 0 spiro atoms. The number of aromatic nitrogens is 1. The third kappa shape index (κ3) is 2.91. The van der Waals surface area contributed by atoms with Crippen LogP contribution in [0.3, 0.4) is 0 Å². The van der Waals surface area contributed by atoms with Gasteiger partial charge in [0.15, 0.2) is 5.13 Å². The Hall–Kier alpha value is -1.91. The largest absolute Gasteiger partial charge is 0.298 e. The van der Waals surface area contributed by atoms with Crippen molar-refractivity contribution in [1.29, 1.82) is 0 Å². The lowest BCUT2D eigenvalue weighted by Gasteiger charge is -2.02. The van der Waals surface area contributed by atoms with Crippen molar-refractivity contribution < 1.29 is 4.79 Å². The molecule has 0 unspecified atom stereocenters. The van der Waals surface area contributed by atoms with E-state index in [4.69, 9.17) is 11.6 Å². The fourth-order valence-corrected chi connectivity index (χ4v) is 3.19. The molecule has 3 nitrogen and oxygen atoms in total. The molecule has 1 amide bonds. The van der Waals surface area contributed by atoms with E-state index in [0.717, 1.165) is 16.6 Å². The minimum Gasteiger partial charge on any atom is -0.298 e. The van der Waals surface area contributed by atoms with Crippen LogP contribution < -0.4 is 5.32 Å². The van der Waals surface area contributed by atoms with Crippen molar-refractivity contribution in [2.24, 2.45) is 0 Å². The van der Waals surface area contributed by atoms with Gasteiger partial charge in [-0.15, -0.1) is 0 Å². The van der Waals surface area contributed by atoms with E-state index in [2.05, 4.69) is 17.2 Å². The van der Waals surface area contributed by atoms with E-state index >= 15 is 0 Å². The van der Waals surface area contributed by atoms with Crippen LogP contribution in [-0.4, -0.2) is 10.9 Å². The molecule has 2 aromatic carbocycles. The normalized spacial score (nSPS) is 10.8. The quantitative estimate of drug-likeness (QED) is 0.756. The van der Waals surface area contributed by atoms with Crippen LogP contribution in [0.2, 0.25) is 5.02 Å². The minimum absolute atomic E-state index is 0.159. The molecule has 0 saturated carbocycles. The standard InChI is InChI=1S/C16H13ClN2OS/c1-2-10-6-8-11(9-7-10)15(20)19-16-18-14-12(17)4-3-5-13(14)21-16/h3-9H,2H2,1H3,(H,18,19,20). The molecule has 0 aliphatic rings. The third-order valence-electron chi connectivity index (χ3n) is 3.21. The number of anilines is 1. The first-order valence-electron chi connectivity index (χ1n) is 6.62. The number of hydrogen-bond acceptors (Lipinski definition) is 3. The first-order chi connectivity index (χ1) is 10.2. The number of thiazole rings is 1. The van der Waals surface area contributed by atoms with Crippen LogP contribution >= 0.6 is 22.9 Å². The summed E-state index contributed by atoms with van der Waals surface area (Å²) in [6.07, 6.45) is 0.957. The Morgan fingerprint density at radius 1 is 1.24 bits per heavy atom. The summed E-state index contributed by atoms with van der Waals surface area (Å²) in [4.78, 5) is 16.6. The smallest absolute Gasteiger partial charge is 0.257 e. The number of nitrogens with one attached hydrogen (secondary N) is 1. The van der Waals surface area contributed by atoms with Crippen molar-refractivity contribution in [2.45, 2.75) is 13.3 Å². The van der Waals surface area contributed by atoms with Gasteiger partial charge in [0.05, 0.1) is 9.72 Å². The molecule has 0 aliphatic carbocycles. The van der Waals surface area contributed by atoms with Gasteiger partial charge in [-0.2, -0.15) is 0 Å². The van der Waals surface area contributed by atoms with E-state index in [1.165, 1.54) is 16.9 Å². The Labute approximate surface area is 131 Å². The highest BCUT2D eigenvalue weighted by Gasteiger charge is 2.11. The second-order valence-electron chi connectivity index (χ2n) is 4.61. The number of hydrogen-bond donors (Lipinski definition) is 1. The van der Waals surface area contributed by atoms with E-state index < -0.39 is 0 Å². The Balaban J connectivity index is 1.83. The highest BCUT2D eigenvalue weighted by atomic mass is 35.5. The van der Waals surface area contributed by atoms with Crippen molar-refractivity contribution >= 4 is 44.2 Å². The van der Waals surface area contributed by atoms with Gasteiger partial charge in [-0.1, -0.05) is 48.1 Å². The van der Waals surface area contributed by atoms with Gasteiger partial charge >= 0.3 is 0 Å². The van der Waals surface area contributed by atoms with Gasteiger partial charge in [-0.05, 0) is 36.2 Å². The van der Waals surface area contributed by atoms with Crippen LogP contribution in [0.5, 0.6) is 0 Å². The first-order valence-corrected chi connectivity index (χ1v) is 7.82. The number of carbonyl (C=O) groups is 1. The van der Waals surface area contributed by atoms with Crippen LogP contribution in [0.15, 0.2) is 42.5 Å². The monoisotopic (exact) mass is 316 g/mol. The number of rotatable bonds is 3. The fraction of sp³-hybridized carbons (Fsp3) is 0.125. The average Bonchev–Trinajstić information content (AvgIpc) is 2.91. The zero-order chi connectivity index (χ0) is 14.8. The van der Waals surface area contributed by atoms with E-state index in [1.807, 2.05) is 36.4 Å². The zero-order valence-corrected chi connectivity index (χ0v) is 13.0. The Morgan fingerprint density at radius 3 is 2.67 bits per heavy atom. The molecule has 3 rings (SSSR count). The number of carbonyl (C=O) groups excluding carboxylic acids is 1.